The fraction of sp³-hybridized carbons (Fsp3) is 0.400. The number of rotatable bonds is 2. The number of hydrogen-bond acceptors (Lipinski definition) is 0. The van der Waals surface area contributed by atoms with Gasteiger partial charge in [0, 0.05) is 0 Å². The lowest BCUT2D eigenvalue weighted by Gasteiger charge is -1.95. The monoisotopic (exact) mass is 214 g/mol. The lowest BCUT2D eigenvalue weighted by atomic mass is 10.2. The van der Waals surface area contributed by atoms with Crippen molar-refractivity contribution in [2.75, 3.05) is 0 Å². The first-order chi connectivity index (χ1) is 5.07. The molecule has 1 heteroatoms. The average Bonchev–Trinajstić information content (AvgIpc) is 1.87. The molecule has 0 heterocycles. The van der Waals surface area contributed by atoms with Gasteiger partial charge in [-0.1, -0.05) is 39.7 Å². The van der Waals surface area contributed by atoms with E-state index in [0.717, 1.165) is 0 Å². The van der Waals surface area contributed by atoms with Gasteiger partial charge in [-0.2, -0.15) is 0 Å². The third kappa shape index (κ3) is 5.02. The molecule has 0 amide bonds. The predicted octanol–water partition coefficient (Wildman–Crippen LogP) is 4.20. The molecule has 0 nitrogen and oxygen atoms in total. The van der Waals surface area contributed by atoms with Gasteiger partial charge in [0.25, 0.3) is 0 Å². The van der Waals surface area contributed by atoms with Crippen LogP contribution in [0.4, 0.5) is 0 Å². The maximum Gasteiger partial charge on any atom is -0.00511 e. The zero-order valence-corrected chi connectivity index (χ0v) is 9.20. The largest absolute Gasteiger partial charge is 0.0874 e. The van der Waals surface area contributed by atoms with Crippen molar-refractivity contribution in [3.8, 4) is 0 Å². The van der Waals surface area contributed by atoms with Crippen LogP contribution in [0.1, 0.15) is 27.7 Å². The summed E-state index contributed by atoms with van der Waals surface area (Å²) in [5.41, 5.74) is 2.56. The van der Waals surface area contributed by atoms with Crippen LogP contribution in [-0.4, -0.2) is 0 Å². The topological polar surface area (TPSA) is 0 Å². The molecule has 0 radical (unpaired) electrons. The Kier molecular flexibility index (Phi) is 5.22. The van der Waals surface area contributed by atoms with Crippen molar-refractivity contribution in [1.29, 1.82) is 0 Å². The fourth-order valence-corrected chi connectivity index (χ4v) is 0.866. The molecule has 11 heavy (non-hydrogen) atoms. The average molecular weight is 215 g/mol. The van der Waals surface area contributed by atoms with E-state index in [0.29, 0.717) is 0 Å². The summed E-state index contributed by atoms with van der Waals surface area (Å²) in [4.78, 5) is 0. The highest BCUT2D eigenvalue weighted by Crippen LogP contribution is 2.13. The van der Waals surface area contributed by atoms with Crippen molar-refractivity contribution < 1.29 is 0 Å². The molecule has 0 unspecified atom stereocenters. The zero-order valence-electron chi connectivity index (χ0n) is 7.61. The first-order valence-corrected chi connectivity index (χ1v) is 4.51. The van der Waals surface area contributed by atoms with E-state index in [2.05, 4.69) is 48.9 Å². The van der Waals surface area contributed by atoms with Crippen molar-refractivity contribution in [3.05, 3.63) is 33.9 Å². The minimum absolute atomic E-state index is 1.20. The molecule has 0 aliphatic carbocycles. The predicted molar refractivity (Wildman–Crippen MR) is 55.9 cm³/mol. The quantitative estimate of drug-likeness (QED) is 0.605. The van der Waals surface area contributed by atoms with Crippen LogP contribution in [0.3, 0.4) is 0 Å². The van der Waals surface area contributed by atoms with Crippen molar-refractivity contribution in [2.45, 2.75) is 27.7 Å². The van der Waals surface area contributed by atoms with Crippen LogP contribution in [-0.2, 0) is 0 Å². The van der Waals surface area contributed by atoms with E-state index in [9.17, 15) is 0 Å². The van der Waals surface area contributed by atoms with E-state index >= 15 is 0 Å². The molecule has 0 aliphatic rings. The van der Waals surface area contributed by atoms with Crippen LogP contribution < -0.4 is 0 Å². The first-order valence-electron chi connectivity index (χ1n) is 3.72. The van der Waals surface area contributed by atoms with Crippen molar-refractivity contribution in [3.63, 3.8) is 0 Å². The molecule has 0 fully saturated rings. The Balaban J connectivity index is 4.44. The van der Waals surface area contributed by atoms with Crippen LogP contribution in [0.15, 0.2) is 33.9 Å². The highest BCUT2D eigenvalue weighted by atomic mass is 79.9. The summed E-state index contributed by atoms with van der Waals surface area (Å²) in [5.74, 6) is 0. The minimum atomic E-state index is 1.20. The van der Waals surface area contributed by atoms with E-state index < -0.39 is 0 Å². The summed E-state index contributed by atoms with van der Waals surface area (Å²) in [5, 5.41) is 0. The normalized spacial score (nSPS) is 15.5. The molecule has 0 aromatic carbocycles. The lowest BCUT2D eigenvalue weighted by Crippen LogP contribution is -1.74. The molecule has 0 aliphatic heterocycles. The van der Waals surface area contributed by atoms with Crippen LogP contribution in [0.25, 0.3) is 0 Å². The summed E-state index contributed by atoms with van der Waals surface area (Å²) in [6.07, 6.45) is 6.30. The van der Waals surface area contributed by atoms with Gasteiger partial charge in [0.05, 0.1) is 0 Å². The first kappa shape index (κ1) is 10.7. The van der Waals surface area contributed by atoms with Gasteiger partial charge >= 0.3 is 0 Å². The Bertz CT molecular complexity index is 203. The Morgan fingerprint density at radius 1 is 1.18 bits per heavy atom. The van der Waals surface area contributed by atoms with Crippen LogP contribution in [0.5, 0.6) is 0 Å². The molecule has 0 atom stereocenters. The lowest BCUT2D eigenvalue weighted by molar-refractivity contribution is 1.40. The Morgan fingerprint density at radius 2 is 1.73 bits per heavy atom. The summed E-state index contributed by atoms with van der Waals surface area (Å²) in [6.45, 7) is 8.27. The molecule has 0 bridgehead atoms. The number of hydrogen-bond donors (Lipinski definition) is 0. The fourth-order valence-electron chi connectivity index (χ4n) is 0.752. The van der Waals surface area contributed by atoms with E-state index in [1.54, 1.807) is 0 Å². The van der Waals surface area contributed by atoms with Crippen molar-refractivity contribution in [1.82, 2.24) is 0 Å². The summed E-state index contributed by atoms with van der Waals surface area (Å²) in [6, 6.07) is 0. The summed E-state index contributed by atoms with van der Waals surface area (Å²) >= 11 is 3.43. The van der Waals surface area contributed by atoms with Gasteiger partial charge in [-0.05, 0) is 37.8 Å². The molecule has 0 saturated carbocycles. The molecule has 0 aromatic heterocycles. The Morgan fingerprint density at radius 3 is 2.09 bits per heavy atom. The van der Waals surface area contributed by atoms with E-state index in [-0.39, 0.29) is 0 Å². The second kappa shape index (κ2) is 5.36. The second-order valence-corrected chi connectivity index (χ2v) is 3.79. The van der Waals surface area contributed by atoms with Gasteiger partial charge < -0.3 is 0 Å². The van der Waals surface area contributed by atoms with Gasteiger partial charge in [0.2, 0.25) is 0 Å². The third-order valence-corrected chi connectivity index (χ3v) is 2.04. The molecule has 0 saturated heterocycles. The highest BCUT2D eigenvalue weighted by molar-refractivity contribution is 9.11. The molecule has 0 spiro atoms. The van der Waals surface area contributed by atoms with Crippen LogP contribution in [0, 0.1) is 0 Å². The number of allylic oxidation sites excluding steroid dienone is 6. The van der Waals surface area contributed by atoms with Gasteiger partial charge in [-0.3, -0.25) is 0 Å². The smallest absolute Gasteiger partial charge is 0.00511 e. The molecule has 0 N–H and O–H groups in total. The van der Waals surface area contributed by atoms with Gasteiger partial charge in [0.15, 0.2) is 0 Å². The third-order valence-electron chi connectivity index (χ3n) is 1.42. The molecular weight excluding hydrogens is 200 g/mol. The van der Waals surface area contributed by atoms with Crippen molar-refractivity contribution >= 4 is 15.9 Å². The van der Waals surface area contributed by atoms with E-state index in [1.165, 1.54) is 15.6 Å². The maximum absolute atomic E-state index is 3.43. The van der Waals surface area contributed by atoms with Gasteiger partial charge in [-0.15, -0.1) is 0 Å². The molecule has 0 rings (SSSR count). The van der Waals surface area contributed by atoms with Crippen LogP contribution in [0.2, 0.25) is 0 Å². The second-order valence-electron chi connectivity index (χ2n) is 2.60. The summed E-state index contributed by atoms with van der Waals surface area (Å²) in [7, 11) is 0. The SMILES string of the molecule is C\C=C/C(C)=C\C(C)=C(/C)Br. The Labute approximate surface area is 77.8 Å². The highest BCUT2D eigenvalue weighted by Gasteiger charge is 1.88. The van der Waals surface area contributed by atoms with Crippen LogP contribution >= 0.6 is 15.9 Å². The maximum atomic E-state index is 3.43. The molecular formula is C10H15Br. The standard InChI is InChI=1S/C10H15Br/c1-5-6-8(2)7-9(3)10(4)11/h5-7H,1-4H3/b6-5-,8-7-,10-9+. The van der Waals surface area contributed by atoms with E-state index in [4.69, 9.17) is 0 Å². The molecule has 0 aromatic rings. The van der Waals surface area contributed by atoms with Gasteiger partial charge in [0.1, 0.15) is 0 Å². The summed E-state index contributed by atoms with van der Waals surface area (Å²) < 4.78 is 1.20. The zero-order chi connectivity index (χ0) is 8.85. The van der Waals surface area contributed by atoms with Gasteiger partial charge in [-0.25, -0.2) is 0 Å². The minimum Gasteiger partial charge on any atom is -0.0874 e. The number of halogens is 1. The Hall–Kier alpha value is -0.300. The molecule has 62 valence electrons. The van der Waals surface area contributed by atoms with Crippen molar-refractivity contribution in [2.24, 2.45) is 0 Å². The van der Waals surface area contributed by atoms with E-state index in [1.807, 2.05) is 13.0 Å².